The predicted octanol–water partition coefficient (Wildman–Crippen LogP) is 5.87. The number of carbonyl (C=O) groups excluding carboxylic acids is 1. The Balaban J connectivity index is 1.85. The highest BCUT2D eigenvalue weighted by molar-refractivity contribution is 5.93. The molecule has 1 rings (SSSR count). The summed E-state index contributed by atoms with van der Waals surface area (Å²) in [7, 11) is 0. The van der Waals surface area contributed by atoms with E-state index in [4.69, 9.17) is 0 Å². The first-order chi connectivity index (χ1) is 11.8. The summed E-state index contributed by atoms with van der Waals surface area (Å²) in [5.74, 6) is 5.87. The van der Waals surface area contributed by atoms with Crippen LogP contribution in [-0.4, -0.2) is 23.9 Å². The van der Waals surface area contributed by atoms with Crippen LogP contribution in [0.3, 0.4) is 0 Å². The van der Waals surface area contributed by atoms with Gasteiger partial charge in [0.15, 0.2) is 0 Å². The van der Waals surface area contributed by atoms with Gasteiger partial charge in [-0.1, -0.05) is 63.5 Å². The molecule has 0 aromatic rings. The van der Waals surface area contributed by atoms with Crippen LogP contribution in [0, 0.1) is 11.8 Å². The molecule has 1 saturated heterocycles. The second kappa shape index (κ2) is 15.3. The number of allylic oxidation sites excluding steroid dienone is 2. The molecule has 1 amide bonds. The SMILES string of the molecule is CCCCCCCC/C=C\CCCCCC#CC(=O)N1CCCC1. The molecule has 0 aromatic carbocycles. The van der Waals surface area contributed by atoms with Gasteiger partial charge in [0, 0.05) is 19.5 Å². The maximum atomic E-state index is 11.7. The van der Waals surface area contributed by atoms with Gasteiger partial charge >= 0.3 is 0 Å². The molecule has 0 radical (unpaired) electrons. The Morgan fingerprint density at radius 3 is 2.12 bits per heavy atom. The van der Waals surface area contributed by atoms with Crippen LogP contribution >= 0.6 is 0 Å². The number of hydrogen-bond donors (Lipinski definition) is 0. The molecule has 1 heterocycles. The minimum atomic E-state index is 0.0325. The lowest BCUT2D eigenvalue weighted by molar-refractivity contribution is -0.124. The third kappa shape index (κ3) is 11.3. The Morgan fingerprint density at radius 2 is 1.46 bits per heavy atom. The molecule has 2 nitrogen and oxygen atoms in total. The largest absolute Gasteiger partial charge is 0.332 e. The average Bonchev–Trinajstić information content (AvgIpc) is 3.13. The van der Waals surface area contributed by atoms with Crippen LogP contribution in [0.5, 0.6) is 0 Å². The van der Waals surface area contributed by atoms with E-state index in [9.17, 15) is 4.79 Å². The number of hydrogen-bond acceptors (Lipinski definition) is 1. The van der Waals surface area contributed by atoms with E-state index in [-0.39, 0.29) is 5.91 Å². The quantitative estimate of drug-likeness (QED) is 0.249. The van der Waals surface area contributed by atoms with E-state index in [1.165, 1.54) is 64.2 Å². The summed E-state index contributed by atoms with van der Waals surface area (Å²) in [6.07, 6.45) is 22.1. The summed E-state index contributed by atoms with van der Waals surface area (Å²) in [4.78, 5) is 13.6. The van der Waals surface area contributed by atoms with Crippen molar-refractivity contribution < 1.29 is 4.79 Å². The van der Waals surface area contributed by atoms with E-state index in [1.54, 1.807) is 0 Å². The Bertz CT molecular complexity index is 396. The molecule has 0 spiro atoms. The molecule has 0 N–H and O–H groups in total. The Hall–Kier alpha value is -1.23. The lowest BCUT2D eigenvalue weighted by atomic mass is 10.1. The highest BCUT2D eigenvalue weighted by Crippen LogP contribution is 2.09. The third-order valence-electron chi connectivity index (χ3n) is 4.65. The van der Waals surface area contributed by atoms with E-state index < -0.39 is 0 Å². The minimum absolute atomic E-state index is 0.0325. The van der Waals surface area contributed by atoms with Gasteiger partial charge < -0.3 is 4.90 Å². The zero-order chi connectivity index (χ0) is 17.3. The zero-order valence-electron chi connectivity index (χ0n) is 15.8. The summed E-state index contributed by atoms with van der Waals surface area (Å²) in [6, 6.07) is 0. The molecule has 0 unspecified atom stereocenters. The van der Waals surface area contributed by atoms with Gasteiger partial charge in [0.1, 0.15) is 0 Å². The van der Waals surface area contributed by atoms with Gasteiger partial charge in [0.25, 0.3) is 5.91 Å². The van der Waals surface area contributed by atoms with Gasteiger partial charge in [-0.2, -0.15) is 0 Å². The van der Waals surface area contributed by atoms with E-state index in [2.05, 4.69) is 30.9 Å². The Labute approximate surface area is 150 Å². The molecule has 0 aliphatic carbocycles. The van der Waals surface area contributed by atoms with Crippen molar-refractivity contribution in [3.8, 4) is 11.8 Å². The number of carbonyl (C=O) groups is 1. The Kier molecular flexibility index (Phi) is 13.3. The van der Waals surface area contributed by atoms with Crippen molar-refractivity contribution in [1.82, 2.24) is 4.90 Å². The number of nitrogens with zero attached hydrogens (tertiary/aromatic N) is 1. The number of likely N-dealkylation sites (tertiary alicyclic amines) is 1. The van der Waals surface area contributed by atoms with Crippen LogP contribution in [0.15, 0.2) is 12.2 Å². The van der Waals surface area contributed by atoms with Crippen LogP contribution < -0.4 is 0 Å². The molecule has 1 fully saturated rings. The lowest BCUT2D eigenvalue weighted by Crippen LogP contribution is -2.25. The summed E-state index contributed by atoms with van der Waals surface area (Å²) in [6.45, 7) is 4.07. The lowest BCUT2D eigenvalue weighted by Gasteiger charge is -2.09. The molecule has 0 saturated carbocycles. The number of unbranched alkanes of at least 4 members (excludes halogenated alkanes) is 10. The molecule has 1 aliphatic rings. The maximum absolute atomic E-state index is 11.7. The van der Waals surface area contributed by atoms with Gasteiger partial charge in [-0.25, -0.2) is 0 Å². The molecule has 24 heavy (non-hydrogen) atoms. The second-order valence-electron chi connectivity index (χ2n) is 6.93. The maximum Gasteiger partial charge on any atom is 0.298 e. The van der Waals surface area contributed by atoms with Crippen LogP contribution in [0.1, 0.15) is 96.8 Å². The van der Waals surface area contributed by atoms with Crippen molar-refractivity contribution in [3.63, 3.8) is 0 Å². The van der Waals surface area contributed by atoms with Gasteiger partial charge in [-0.15, -0.1) is 0 Å². The zero-order valence-corrected chi connectivity index (χ0v) is 15.8. The van der Waals surface area contributed by atoms with Crippen LogP contribution in [0.2, 0.25) is 0 Å². The molecule has 0 aromatic heterocycles. The van der Waals surface area contributed by atoms with E-state index in [0.29, 0.717) is 0 Å². The highest BCUT2D eigenvalue weighted by atomic mass is 16.2. The fourth-order valence-electron chi connectivity index (χ4n) is 3.07. The van der Waals surface area contributed by atoms with Gasteiger partial charge in [0.2, 0.25) is 0 Å². The first kappa shape index (κ1) is 20.8. The molecule has 1 aliphatic heterocycles. The fraction of sp³-hybridized carbons (Fsp3) is 0.773. The summed E-state index contributed by atoms with van der Waals surface area (Å²) in [5, 5.41) is 0. The van der Waals surface area contributed by atoms with Crippen molar-refractivity contribution >= 4 is 5.91 Å². The van der Waals surface area contributed by atoms with E-state index in [0.717, 1.165) is 38.8 Å². The van der Waals surface area contributed by atoms with Gasteiger partial charge in [-0.3, -0.25) is 4.79 Å². The summed E-state index contributed by atoms with van der Waals surface area (Å²) in [5.41, 5.74) is 0. The number of amides is 1. The van der Waals surface area contributed by atoms with Crippen molar-refractivity contribution in [2.75, 3.05) is 13.1 Å². The van der Waals surface area contributed by atoms with Crippen molar-refractivity contribution in [2.45, 2.75) is 96.8 Å². The molecule has 2 heteroatoms. The molecular weight excluding hydrogens is 294 g/mol. The topological polar surface area (TPSA) is 20.3 Å². The monoisotopic (exact) mass is 331 g/mol. The predicted molar refractivity (Wildman–Crippen MR) is 104 cm³/mol. The highest BCUT2D eigenvalue weighted by Gasteiger charge is 2.15. The fourth-order valence-corrected chi connectivity index (χ4v) is 3.07. The van der Waals surface area contributed by atoms with Crippen molar-refractivity contribution in [2.24, 2.45) is 0 Å². The van der Waals surface area contributed by atoms with Crippen LogP contribution in [0.4, 0.5) is 0 Å². The first-order valence-corrected chi connectivity index (χ1v) is 10.3. The van der Waals surface area contributed by atoms with Gasteiger partial charge in [-0.05, 0) is 50.9 Å². The third-order valence-corrected chi connectivity index (χ3v) is 4.65. The average molecular weight is 332 g/mol. The molecule has 136 valence electrons. The normalized spacial score (nSPS) is 14.1. The molecule has 0 atom stereocenters. The number of rotatable bonds is 12. The van der Waals surface area contributed by atoms with E-state index in [1.807, 2.05) is 4.90 Å². The summed E-state index contributed by atoms with van der Waals surface area (Å²) < 4.78 is 0. The van der Waals surface area contributed by atoms with Crippen molar-refractivity contribution in [3.05, 3.63) is 12.2 Å². The molecule has 0 bridgehead atoms. The summed E-state index contributed by atoms with van der Waals surface area (Å²) >= 11 is 0. The smallest absolute Gasteiger partial charge is 0.298 e. The van der Waals surface area contributed by atoms with Gasteiger partial charge in [0.05, 0.1) is 0 Å². The first-order valence-electron chi connectivity index (χ1n) is 10.3. The standard InChI is InChI=1S/C22H37NO/c1-2-3-4-5-6-7-8-9-10-11-12-13-14-15-16-19-22(24)23-20-17-18-21-23/h9-10H,2-8,11-15,17-18,20-21H2,1H3/b10-9-. The van der Waals surface area contributed by atoms with E-state index >= 15 is 0 Å². The Morgan fingerprint density at radius 1 is 0.875 bits per heavy atom. The van der Waals surface area contributed by atoms with Crippen LogP contribution in [-0.2, 0) is 4.79 Å². The molecular formula is C22H37NO. The second-order valence-corrected chi connectivity index (χ2v) is 6.93. The van der Waals surface area contributed by atoms with Crippen LogP contribution in [0.25, 0.3) is 0 Å². The minimum Gasteiger partial charge on any atom is -0.332 e. The van der Waals surface area contributed by atoms with Crippen molar-refractivity contribution in [1.29, 1.82) is 0 Å².